The predicted molar refractivity (Wildman–Crippen MR) is 82.2 cm³/mol. The van der Waals surface area contributed by atoms with E-state index >= 15 is 0 Å². The Morgan fingerprint density at radius 1 is 0.944 bits per heavy atom. The van der Waals surface area contributed by atoms with Crippen LogP contribution in [0.4, 0.5) is 0 Å². The molecule has 0 radical (unpaired) electrons. The standard InChI is InChI=1S/C14H11Br2ClO/c15-13-4-2-1-3-10(13)9-18-12-5-6-14(16)11(7-12)8-17/h1-7H,8-9H2. The number of ether oxygens (including phenoxy) is 1. The van der Waals surface area contributed by atoms with E-state index in [0.29, 0.717) is 12.5 Å². The fourth-order valence-electron chi connectivity index (χ4n) is 1.52. The molecule has 0 unspecified atom stereocenters. The summed E-state index contributed by atoms with van der Waals surface area (Å²) in [6, 6.07) is 13.8. The Morgan fingerprint density at radius 2 is 1.67 bits per heavy atom. The van der Waals surface area contributed by atoms with Gasteiger partial charge in [-0.05, 0) is 29.8 Å². The molecule has 1 nitrogen and oxygen atoms in total. The first-order chi connectivity index (χ1) is 8.70. The number of benzene rings is 2. The Bertz CT molecular complexity index is 543. The molecule has 0 saturated carbocycles. The lowest BCUT2D eigenvalue weighted by molar-refractivity contribution is 0.305. The maximum absolute atomic E-state index is 5.85. The van der Waals surface area contributed by atoms with Crippen LogP contribution in [-0.2, 0) is 12.5 Å². The molecule has 0 atom stereocenters. The van der Waals surface area contributed by atoms with Crippen LogP contribution in [0.2, 0.25) is 0 Å². The van der Waals surface area contributed by atoms with Gasteiger partial charge in [-0.15, -0.1) is 11.6 Å². The fourth-order valence-corrected chi connectivity index (χ4v) is 2.69. The number of hydrogen-bond acceptors (Lipinski definition) is 1. The zero-order valence-electron chi connectivity index (χ0n) is 9.50. The van der Waals surface area contributed by atoms with E-state index < -0.39 is 0 Å². The summed E-state index contributed by atoms with van der Waals surface area (Å²) in [6.07, 6.45) is 0. The van der Waals surface area contributed by atoms with Gasteiger partial charge in [-0.25, -0.2) is 0 Å². The van der Waals surface area contributed by atoms with Gasteiger partial charge in [0.15, 0.2) is 0 Å². The molecule has 0 saturated heterocycles. The van der Waals surface area contributed by atoms with Crippen molar-refractivity contribution in [3.63, 3.8) is 0 Å². The van der Waals surface area contributed by atoms with Crippen molar-refractivity contribution in [3.05, 3.63) is 62.5 Å². The third-order valence-corrected chi connectivity index (χ3v) is 4.35. The van der Waals surface area contributed by atoms with Gasteiger partial charge < -0.3 is 4.74 Å². The SMILES string of the molecule is ClCc1cc(OCc2ccccc2Br)ccc1Br. The number of rotatable bonds is 4. The maximum Gasteiger partial charge on any atom is 0.120 e. The van der Waals surface area contributed by atoms with Crippen molar-refractivity contribution in [1.82, 2.24) is 0 Å². The molecule has 0 fully saturated rings. The molecule has 2 rings (SSSR count). The summed E-state index contributed by atoms with van der Waals surface area (Å²) in [5, 5.41) is 0. The molecule has 0 aliphatic carbocycles. The van der Waals surface area contributed by atoms with Gasteiger partial charge in [0.25, 0.3) is 0 Å². The van der Waals surface area contributed by atoms with Crippen molar-refractivity contribution in [1.29, 1.82) is 0 Å². The summed E-state index contributed by atoms with van der Waals surface area (Å²) in [6.45, 7) is 0.533. The van der Waals surface area contributed by atoms with Crippen LogP contribution in [0.25, 0.3) is 0 Å². The topological polar surface area (TPSA) is 9.23 Å². The lowest BCUT2D eigenvalue weighted by Crippen LogP contribution is -1.96. The molecule has 0 heterocycles. The highest BCUT2D eigenvalue weighted by molar-refractivity contribution is 9.10. The summed E-state index contributed by atoms with van der Waals surface area (Å²) in [5.41, 5.74) is 2.15. The number of hydrogen-bond donors (Lipinski definition) is 0. The molecule has 0 N–H and O–H groups in total. The highest BCUT2D eigenvalue weighted by Gasteiger charge is 2.03. The summed E-state index contributed by atoms with van der Waals surface area (Å²) in [5.74, 6) is 1.29. The molecule has 18 heavy (non-hydrogen) atoms. The molecule has 0 aromatic heterocycles. The largest absolute Gasteiger partial charge is 0.489 e. The Kier molecular flexibility index (Phi) is 5.10. The summed E-state index contributed by atoms with van der Waals surface area (Å²) in [4.78, 5) is 0. The second kappa shape index (κ2) is 6.60. The van der Waals surface area contributed by atoms with Gasteiger partial charge in [-0.2, -0.15) is 0 Å². The van der Waals surface area contributed by atoms with Gasteiger partial charge in [-0.3, -0.25) is 0 Å². The Morgan fingerprint density at radius 3 is 2.39 bits per heavy atom. The third-order valence-electron chi connectivity index (χ3n) is 2.51. The van der Waals surface area contributed by atoms with E-state index in [4.69, 9.17) is 16.3 Å². The van der Waals surface area contributed by atoms with E-state index in [1.165, 1.54) is 0 Å². The molecule has 4 heteroatoms. The predicted octanol–water partition coefficient (Wildman–Crippen LogP) is 5.53. The summed E-state index contributed by atoms with van der Waals surface area (Å²) < 4.78 is 7.82. The third kappa shape index (κ3) is 3.50. The van der Waals surface area contributed by atoms with Crippen LogP contribution in [0.1, 0.15) is 11.1 Å². The monoisotopic (exact) mass is 388 g/mol. The van der Waals surface area contributed by atoms with Gasteiger partial charge in [0.05, 0.1) is 0 Å². The zero-order chi connectivity index (χ0) is 13.0. The highest BCUT2D eigenvalue weighted by Crippen LogP contribution is 2.25. The zero-order valence-corrected chi connectivity index (χ0v) is 13.4. The molecule has 94 valence electrons. The molecule has 2 aromatic rings. The van der Waals surface area contributed by atoms with E-state index in [9.17, 15) is 0 Å². The molecule has 0 spiro atoms. The Hall–Kier alpha value is -0.510. The van der Waals surface area contributed by atoms with E-state index in [-0.39, 0.29) is 0 Å². The van der Waals surface area contributed by atoms with Gasteiger partial charge in [-0.1, -0.05) is 50.1 Å². The van der Waals surface area contributed by atoms with E-state index in [0.717, 1.165) is 25.8 Å². The highest BCUT2D eigenvalue weighted by atomic mass is 79.9. The Labute approximate surface area is 128 Å². The number of halogens is 3. The quantitative estimate of drug-likeness (QED) is 0.624. The van der Waals surface area contributed by atoms with Gasteiger partial charge in [0, 0.05) is 20.4 Å². The van der Waals surface area contributed by atoms with E-state index in [1.54, 1.807) is 0 Å². The van der Waals surface area contributed by atoms with Crippen molar-refractivity contribution in [2.75, 3.05) is 0 Å². The second-order valence-corrected chi connectivity index (χ2v) is 5.74. The number of alkyl halides is 1. The summed E-state index contributed by atoms with van der Waals surface area (Å²) >= 11 is 12.8. The van der Waals surface area contributed by atoms with Crippen LogP contribution >= 0.6 is 43.5 Å². The second-order valence-electron chi connectivity index (χ2n) is 3.77. The minimum Gasteiger partial charge on any atom is -0.489 e. The minimum absolute atomic E-state index is 0.465. The van der Waals surface area contributed by atoms with Gasteiger partial charge in [0.1, 0.15) is 12.4 Å². The van der Waals surface area contributed by atoms with Crippen LogP contribution in [0, 0.1) is 0 Å². The lowest BCUT2D eigenvalue weighted by atomic mass is 10.2. The van der Waals surface area contributed by atoms with Crippen molar-refractivity contribution in [2.45, 2.75) is 12.5 Å². The molecule has 2 aromatic carbocycles. The molecular formula is C14H11Br2ClO. The van der Waals surface area contributed by atoms with Crippen LogP contribution in [0.3, 0.4) is 0 Å². The molecule has 0 bridgehead atoms. The van der Waals surface area contributed by atoms with E-state index in [1.807, 2.05) is 42.5 Å². The maximum atomic E-state index is 5.85. The van der Waals surface area contributed by atoms with Crippen LogP contribution in [0.15, 0.2) is 51.4 Å². The first-order valence-electron chi connectivity index (χ1n) is 5.41. The lowest BCUT2D eigenvalue weighted by Gasteiger charge is -2.09. The fraction of sp³-hybridized carbons (Fsp3) is 0.143. The van der Waals surface area contributed by atoms with Crippen LogP contribution in [0.5, 0.6) is 5.75 Å². The first kappa shape index (κ1) is 13.9. The van der Waals surface area contributed by atoms with Crippen molar-refractivity contribution >= 4 is 43.5 Å². The van der Waals surface area contributed by atoms with Gasteiger partial charge in [0.2, 0.25) is 0 Å². The van der Waals surface area contributed by atoms with Crippen molar-refractivity contribution in [3.8, 4) is 5.75 Å². The molecule has 0 aliphatic heterocycles. The first-order valence-corrected chi connectivity index (χ1v) is 7.53. The smallest absolute Gasteiger partial charge is 0.120 e. The van der Waals surface area contributed by atoms with Crippen LogP contribution < -0.4 is 4.74 Å². The average molecular weight is 391 g/mol. The normalized spacial score (nSPS) is 10.4. The molecular weight excluding hydrogens is 379 g/mol. The average Bonchev–Trinajstić information content (AvgIpc) is 2.39. The minimum atomic E-state index is 0.465. The molecule has 0 amide bonds. The van der Waals surface area contributed by atoms with Crippen LogP contribution in [-0.4, -0.2) is 0 Å². The molecule has 0 aliphatic rings. The van der Waals surface area contributed by atoms with Gasteiger partial charge >= 0.3 is 0 Å². The van der Waals surface area contributed by atoms with E-state index in [2.05, 4.69) is 31.9 Å². The van der Waals surface area contributed by atoms with Crippen molar-refractivity contribution < 1.29 is 4.74 Å². The summed E-state index contributed by atoms with van der Waals surface area (Å²) in [7, 11) is 0. The Balaban J connectivity index is 2.09. The van der Waals surface area contributed by atoms with Crippen molar-refractivity contribution in [2.24, 2.45) is 0 Å².